The summed E-state index contributed by atoms with van der Waals surface area (Å²) in [5.41, 5.74) is 12.2. The molecule has 0 heterocycles. The van der Waals surface area contributed by atoms with E-state index in [4.69, 9.17) is 16.6 Å². The summed E-state index contributed by atoms with van der Waals surface area (Å²) in [6.45, 7) is 3.47. The van der Waals surface area contributed by atoms with Crippen molar-refractivity contribution in [2.45, 2.75) is 57.7 Å². The fourth-order valence-corrected chi connectivity index (χ4v) is 3.04. The van der Waals surface area contributed by atoms with Gasteiger partial charge in [-0.1, -0.05) is 50.6 Å². The number of carbonyl (C=O) groups excluding carboxylic acids is 3. The highest BCUT2D eigenvalue weighted by Crippen LogP contribution is 2.08. The maximum atomic E-state index is 13.0. The molecule has 0 radical (unpaired) electrons. The Hall–Kier alpha value is -2.98. The summed E-state index contributed by atoms with van der Waals surface area (Å²) >= 11 is 0. The van der Waals surface area contributed by atoms with Gasteiger partial charge in [-0.15, -0.1) is 0 Å². The number of nitrogens with two attached hydrogens (primary N) is 2. The Morgan fingerprint density at radius 3 is 2.19 bits per heavy atom. The molecule has 3 atom stereocenters. The Labute approximate surface area is 188 Å². The lowest BCUT2D eigenvalue weighted by atomic mass is 10.00. The maximum Gasteiger partial charge on any atom is 0.322 e. The van der Waals surface area contributed by atoms with Crippen molar-refractivity contribution in [1.82, 2.24) is 16.0 Å². The minimum absolute atomic E-state index is 0.162. The fourth-order valence-electron chi connectivity index (χ4n) is 3.04. The molecule has 8 N–H and O–H groups in total. The van der Waals surface area contributed by atoms with Crippen LogP contribution in [0.4, 0.5) is 0 Å². The molecule has 0 aromatic heterocycles. The molecule has 178 valence electrons. The van der Waals surface area contributed by atoms with Crippen LogP contribution in [0.25, 0.3) is 0 Å². The molecule has 1 aromatic rings. The van der Waals surface area contributed by atoms with Crippen molar-refractivity contribution in [2.24, 2.45) is 17.4 Å². The van der Waals surface area contributed by atoms with Gasteiger partial charge in [-0.05, 0) is 30.9 Å². The minimum atomic E-state index is -1.20. The molecule has 0 bridgehead atoms. The van der Waals surface area contributed by atoms with Crippen LogP contribution in [-0.4, -0.2) is 60.0 Å². The number of carbonyl (C=O) groups is 4. The number of hydrogen-bond acceptors (Lipinski definition) is 6. The van der Waals surface area contributed by atoms with E-state index in [9.17, 15) is 19.2 Å². The number of carboxylic acid groups (broad SMARTS) is 1. The zero-order valence-corrected chi connectivity index (χ0v) is 18.7. The van der Waals surface area contributed by atoms with E-state index in [0.717, 1.165) is 12.0 Å². The number of rotatable bonds is 14. The van der Waals surface area contributed by atoms with Gasteiger partial charge in [0.05, 0.1) is 6.04 Å². The fraction of sp³-hybridized carbons (Fsp3) is 0.545. The second kappa shape index (κ2) is 14.2. The van der Waals surface area contributed by atoms with Crippen molar-refractivity contribution >= 4 is 23.7 Å². The Morgan fingerprint density at radius 1 is 0.969 bits per heavy atom. The number of benzene rings is 1. The Balaban J connectivity index is 2.88. The van der Waals surface area contributed by atoms with E-state index in [2.05, 4.69) is 16.0 Å². The highest BCUT2D eigenvalue weighted by Gasteiger charge is 2.30. The Bertz CT molecular complexity index is 756. The number of nitrogens with one attached hydrogen (secondary N) is 3. The molecular weight excluding hydrogens is 414 g/mol. The van der Waals surface area contributed by atoms with Crippen LogP contribution in [0.1, 0.15) is 38.7 Å². The van der Waals surface area contributed by atoms with Crippen LogP contribution in [0.5, 0.6) is 0 Å². The first-order valence-electron chi connectivity index (χ1n) is 10.8. The zero-order chi connectivity index (χ0) is 24.1. The van der Waals surface area contributed by atoms with E-state index in [0.29, 0.717) is 19.4 Å². The molecule has 1 rings (SSSR count). The normalized spacial score (nSPS) is 13.7. The van der Waals surface area contributed by atoms with Crippen LogP contribution >= 0.6 is 0 Å². The number of hydrogen-bond donors (Lipinski definition) is 6. The van der Waals surface area contributed by atoms with E-state index in [1.54, 1.807) is 38.1 Å². The summed E-state index contributed by atoms with van der Waals surface area (Å²) in [7, 11) is 0. The minimum Gasteiger partial charge on any atom is -0.480 e. The van der Waals surface area contributed by atoms with Crippen LogP contribution in [0.3, 0.4) is 0 Å². The maximum absolute atomic E-state index is 13.0. The SMILES string of the molecule is CC(C)C(NC(=O)C(N)CCCCN)C(=O)NC(Cc1ccccc1)C(=O)NCC(=O)O. The van der Waals surface area contributed by atoms with Gasteiger partial charge in [-0.3, -0.25) is 19.2 Å². The number of unbranched alkanes of at least 4 members (excludes halogenated alkanes) is 1. The molecule has 0 aliphatic rings. The predicted octanol–water partition coefficient (Wildman–Crippen LogP) is -0.488. The van der Waals surface area contributed by atoms with E-state index in [-0.39, 0.29) is 12.3 Å². The van der Waals surface area contributed by atoms with Gasteiger partial charge in [0.2, 0.25) is 17.7 Å². The molecule has 0 fully saturated rings. The van der Waals surface area contributed by atoms with Gasteiger partial charge in [0.1, 0.15) is 18.6 Å². The first-order chi connectivity index (χ1) is 15.1. The van der Waals surface area contributed by atoms with E-state index >= 15 is 0 Å². The summed E-state index contributed by atoms with van der Waals surface area (Å²) in [6.07, 6.45) is 2.06. The molecule has 3 unspecified atom stereocenters. The number of amides is 3. The third-order valence-corrected chi connectivity index (χ3v) is 4.88. The Kier molecular flexibility index (Phi) is 12.0. The van der Waals surface area contributed by atoms with Gasteiger partial charge < -0.3 is 32.5 Å². The molecule has 0 aliphatic heterocycles. The summed E-state index contributed by atoms with van der Waals surface area (Å²) in [6, 6.07) is 6.32. The van der Waals surface area contributed by atoms with Gasteiger partial charge in [-0.25, -0.2) is 0 Å². The highest BCUT2D eigenvalue weighted by atomic mass is 16.4. The van der Waals surface area contributed by atoms with E-state index in [1.807, 2.05) is 6.07 Å². The van der Waals surface area contributed by atoms with Crippen LogP contribution < -0.4 is 27.4 Å². The molecule has 32 heavy (non-hydrogen) atoms. The molecular formula is C22H35N5O5. The third kappa shape index (κ3) is 9.88. The van der Waals surface area contributed by atoms with Crippen LogP contribution in [0.15, 0.2) is 30.3 Å². The van der Waals surface area contributed by atoms with Crippen molar-refractivity contribution < 1.29 is 24.3 Å². The molecule has 0 aliphatic carbocycles. The lowest BCUT2D eigenvalue weighted by Gasteiger charge is -2.26. The third-order valence-electron chi connectivity index (χ3n) is 4.88. The van der Waals surface area contributed by atoms with Crippen molar-refractivity contribution in [3.8, 4) is 0 Å². The summed E-state index contributed by atoms with van der Waals surface area (Å²) < 4.78 is 0. The second-order valence-electron chi connectivity index (χ2n) is 7.98. The van der Waals surface area contributed by atoms with Crippen molar-refractivity contribution in [1.29, 1.82) is 0 Å². The quantitative estimate of drug-likeness (QED) is 0.208. The molecule has 10 heteroatoms. The largest absolute Gasteiger partial charge is 0.480 e. The molecule has 3 amide bonds. The molecule has 1 aromatic carbocycles. The average Bonchev–Trinajstić information content (AvgIpc) is 2.75. The lowest BCUT2D eigenvalue weighted by molar-refractivity contribution is -0.138. The number of aliphatic carboxylic acids is 1. The van der Waals surface area contributed by atoms with Crippen LogP contribution in [0, 0.1) is 5.92 Å². The van der Waals surface area contributed by atoms with Gasteiger partial charge in [-0.2, -0.15) is 0 Å². The van der Waals surface area contributed by atoms with Gasteiger partial charge in [0.15, 0.2) is 0 Å². The van der Waals surface area contributed by atoms with Crippen molar-refractivity contribution in [3.63, 3.8) is 0 Å². The van der Waals surface area contributed by atoms with Crippen LogP contribution in [-0.2, 0) is 25.6 Å². The average molecular weight is 450 g/mol. The highest BCUT2D eigenvalue weighted by molar-refractivity contribution is 5.93. The zero-order valence-electron chi connectivity index (χ0n) is 18.7. The van der Waals surface area contributed by atoms with Gasteiger partial charge in [0, 0.05) is 6.42 Å². The smallest absolute Gasteiger partial charge is 0.322 e. The van der Waals surface area contributed by atoms with E-state index < -0.39 is 48.4 Å². The first-order valence-corrected chi connectivity index (χ1v) is 10.8. The summed E-state index contributed by atoms with van der Waals surface area (Å²) in [5.74, 6) is -3.09. The summed E-state index contributed by atoms with van der Waals surface area (Å²) in [5, 5.41) is 16.4. The molecule has 0 saturated carbocycles. The standard InChI is InChI=1S/C22H35N5O5/c1-14(2)19(27-20(30)16(24)10-6-7-11-23)22(32)26-17(21(31)25-13-18(28)29)12-15-8-4-3-5-9-15/h3-5,8-9,14,16-17,19H,6-7,10-13,23-24H2,1-2H3,(H,25,31)(H,26,32)(H,27,30)(H,28,29). The molecule has 10 nitrogen and oxygen atoms in total. The number of carboxylic acids is 1. The summed E-state index contributed by atoms with van der Waals surface area (Å²) in [4.78, 5) is 48.8. The second-order valence-corrected chi connectivity index (χ2v) is 7.98. The molecule has 0 saturated heterocycles. The van der Waals surface area contributed by atoms with Gasteiger partial charge >= 0.3 is 5.97 Å². The molecule has 0 spiro atoms. The van der Waals surface area contributed by atoms with E-state index in [1.165, 1.54) is 0 Å². The lowest BCUT2D eigenvalue weighted by Crippen LogP contribution is -2.58. The van der Waals surface area contributed by atoms with Gasteiger partial charge in [0.25, 0.3) is 0 Å². The Morgan fingerprint density at radius 2 is 1.62 bits per heavy atom. The first kappa shape index (κ1) is 27.1. The van der Waals surface area contributed by atoms with Crippen molar-refractivity contribution in [3.05, 3.63) is 35.9 Å². The van der Waals surface area contributed by atoms with Crippen molar-refractivity contribution in [2.75, 3.05) is 13.1 Å². The topological polar surface area (TPSA) is 177 Å². The monoisotopic (exact) mass is 449 g/mol. The van der Waals surface area contributed by atoms with Crippen LogP contribution in [0.2, 0.25) is 0 Å². The predicted molar refractivity (Wildman–Crippen MR) is 120 cm³/mol.